The van der Waals surface area contributed by atoms with Gasteiger partial charge in [0.2, 0.25) is 11.5 Å². The second-order valence-electron chi connectivity index (χ2n) is 8.44. The van der Waals surface area contributed by atoms with E-state index >= 15 is 0 Å². The Balaban J connectivity index is 1.96. The molecular weight excluding hydrogens is 374 g/mol. The number of ketones is 2. The van der Waals surface area contributed by atoms with E-state index in [4.69, 9.17) is 11.6 Å². The molecule has 4 rings (SSSR count). The first-order valence-corrected chi connectivity index (χ1v) is 9.68. The van der Waals surface area contributed by atoms with Crippen molar-refractivity contribution in [1.29, 1.82) is 0 Å². The van der Waals surface area contributed by atoms with Crippen molar-refractivity contribution in [2.45, 2.75) is 39.3 Å². The van der Waals surface area contributed by atoms with Crippen LogP contribution < -0.4 is 4.90 Å². The number of benzene rings is 2. The summed E-state index contributed by atoms with van der Waals surface area (Å²) in [4.78, 5) is 27.9. The predicted molar refractivity (Wildman–Crippen MR) is 109 cm³/mol. The molecule has 1 N–H and O–H groups in total. The molecule has 4 nitrogen and oxygen atoms in total. The van der Waals surface area contributed by atoms with Gasteiger partial charge in [0.05, 0.1) is 5.57 Å². The van der Waals surface area contributed by atoms with Crippen LogP contribution in [-0.4, -0.2) is 16.7 Å². The number of anilines is 1. The topological polar surface area (TPSA) is 57.6 Å². The summed E-state index contributed by atoms with van der Waals surface area (Å²) in [6.45, 7) is 5.99. The van der Waals surface area contributed by atoms with E-state index in [2.05, 4.69) is 0 Å². The van der Waals surface area contributed by atoms with E-state index in [1.165, 1.54) is 0 Å². The first-order valence-electron chi connectivity index (χ1n) is 9.30. The van der Waals surface area contributed by atoms with E-state index < -0.39 is 11.5 Å². The number of hydrogen-bond acceptors (Lipinski definition) is 4. The summed E-state index contributed by atoms with van der Waals surface area (Å²) >= 11 is 6.01. The lowest BCUT2D eigenvalue weighted by Gasteiger charge is -2.38. The Labute approximate surface area is 169 Å². The van der Waals surface area contributed by atoms with Gasteiger partial charge in [-0.15, -0.1) is 0 Å². The summed E-state index contributed by atoms with van der Waals surface area (Å²) in [6, 6.07) is 14.1. The number of carbonyl (C=O) groups is 2. The molecule has 5 heteroatoms. The van der Waals surface area contributed by atoms with Crippen LogP contribution in [-0.2, 0) is 15.3 Å². The fourth-order valence-corrected chi connectivity index (χ4v) is 4.31. The van der Waals surface area contributed by atoms with Gasteiger partial charge in [0.1, 0.15) is 0 Å². The molecule has 0 fully saturated rings. The molecule has 2 aliphatic rings. The summed E-state index contributed by atoms with van der Waals surface area (Å²) < 4.78 is 0. The zero-order chi connectivity index (χ0) is 20.3. The normalized spacial score (nSPS) is 24.0. The standard InChI is InChI=1S/C23H22ClNO3/c1-14-4-10-17(11-5-14)25-18-12-22(2,3)13-19(26)20(18)21(27)23(25,28)15-6-8-16(24)9-7-15/h4-11,28H,12-13H2,1-3H3. The van der Waals surface area contributed by atoms with Crippen LogP contribution in [0.25, 0.3) is 0 Å². The van der Waals surface area contributed by atoms with Crippen LogP contribution in [0.3, 0.4) is 0 Å². The minimum Gasteiger partial charge on any atom is -0.360 e. The van der Waals surface area contributed by atoms with Crippen molar-refractivity contribution in [2.75, 3.05) is 4.90 Å². The number of halogens is 1. The van der Waals surface area contributed by atoms with Crippen LogP contribution in [0.15, 0.2) is 59.8 Å². The summed E-state index contributed by atoms with van der Waals surface area (Å²) in [5.41, 5.74) is 0.586. The molecule has 2 aromatic carbocycles. The second-order valence-corrected chi connectivity index (χ2v) is 8.88. The van der Waals surface area contributed by atoms with Gasteiger partial charge in [0, 0.05) is 28.4 Å². The maximum absolute atomic E-state index is 13.4. The smallest absolute Gasteiger partial charge is 0.234 e. The van der Waals surface area contributed by atoms with Gasteiger partial charge in [-0.05, 0) is 43.0 Å². The molecule has 1 unspecified atom stereocenters. The highest BCUT2D eigenvalue weighted by Crippen LogP contribution is 2.50. The van der Waals surface area contributed by atoms with E-state index in [1.54, 1.807) is 29.2 Å². The maximum atomic E-state index is 13.4. The SMILES string of the molecule is Cc1ccc(N2C3=C(C(=O)CC(C)(C)C3)C(=O)C2(O)c2ccc(Cl)cc2)cc1. The highest BCUT2D eigenvalue weighted by Gasteiger charge is 2.57. The number of nitrogens with zero attached hydrogens (tertiary/aromatic N) is 1. The molecule has 0 saturated carbocycles. The summed E-state index contributed by atoms with van der Waals surface area (Å²) in [5, 5.41) is 12.3. The molecular formula is C23H22ClNO3. The lowest BCUT2D eigenvalue weighted by Crippen LogP contribution is -2.47. The number of carbonyl (C=O) groups excluding carboxylic acids is 2. The zero-order valence-corrected chi connectivity index (χ0v) is 16.9. The number of hydrogen-bond donors (Lipinski definition) is 1. The number of allylic oxidation sites excluding steroid dienone is 1. The van der Waals surface area contributed by atoms with Crippen molar-refractivity contribution in [3.05, 3.63) is 76.0 Å². The second kappa shape index (κ2) is 6.29. The Morgan fingerprint density at radius 3 is 2.18 bits per heavy atom. The van der Waals surface area contributed by atoms with Gasteiger partial charge >= 0.3 is 0 Å². The molecule has 0 spiro atoms. The third-order valence-corrected chi connectivity index (χ3v) is 5.78. The van der Waals surface area contributed by atoms with Gasteiger partial charge in [0.25, 0.3) is 0 Å². The first kappa shape index (κ1) is 18.9. The van der Waals surface area contributed by atoms with Crippen LogP contribution in [0.4, 0.5) is 5.69 Å². The molecule has 28 heavy (non-hydrogen) atoms. The lowest BCUT2D eigenvalue weighted by atomic mass is 9.75. The van der Waals surface area contributed by atoms with Gasteiger partial charge in [-0.1, -0.05) is 55.3 Å². The maximum Gasteiger partial charge on any atom is 0.234 e. The molecule has 1 heterocycles. The van der Waals surface area contributed by atoms with Crippen LogP contribution in [0.1, 0.15) is 37.8 Å². The molecule has 0 amide bonds. The number of rotatable bonds is 2. The van der Waals surface area contributed by atoms with Gasteiger partial charge in [-0.25, -0.2) is 0 Å². The Kier molecular flexibility index (Phi) is 4.25. The molecule has 2 aromatic rings. The summed E-state index contributed by atoms with van der Waals surface area (Å²) in [7, 11) is 0. The monoisotopic (exact) mass is 395 g/mol. The predicted octanol–water partition coefficient (Wildman–Crippen LogP) is 4.53. The zero-order valence-electron chi connectivity index (χ0n) is 16.1. The molecule has 1 aliphatic carbocycles. The number of Topliss-reactive ketones (excluding diaryl/α,β-unsaturated/α-hetero) is 2. The molecule has 144 valence electrons. The Bertz CT molecular complexity index is 1010. The third kappa shape index (κ3) is 2.79. The van der Waals surface area contributed by atoms with Gasteiger partial charge in [0.15, 0.2) is 5.78 Å². The van der Waals surface area contributed by atoms with Crippen molar-refractivity contribution in [1.82, 2.24) is 0 Å². The van der Waals surface area contributed by atoms with Crippen LogP contribution >= 0.6 is 11.6 Å². The van der Waals surface area contributed by atoms with Crippen LogP contribution in [0.2, 0.25) is 5.02 Å². The third-order valence-electron chi connectivity index (χ3n) is 5.53. The fraction of sp³-hybridized carbons (Fsp3) is 0.304. The minimum absolute atomic E-state index is 0.123. The van der Waals surface area contributed by atoms with E-state index in [0.29, 0.717) is 28.4 Å². The van der Waals surface area contributed by atoms with E-state index in [1.807, 2.05) is 45.0 Å². The van der Waals surface area contributed by atoms with Crippen molar-refractivity contribution in [2.24, 2.45) is 5.41 Å². The van der Waals surface area contributed by atoms with E-state index in [0.717, 1.165) is 5.56 Å². The molecule has 0 aromatic heterocycles. The van der Waals surface area contributed by atoms with Gasteiger partial charge in [-0.2, -0.15) is 0 Å². The average Bonchev–Trinajstić information content (AvgIpc) is 2.84. The highest BCUT2D eigenvalue weighted by atomic mass is 35.5. The fourth-order valence-electron chi connectivity index (χ4n) is 4.19. The van der Waals surface area contributed by atoms with E-state index in [-0.39, 0.29) is 23.2 Å². The van der Waals surface area contributed by atoms with Crippen molar-refractivity contribution in [3.8, 4) is 0 Å². The molecule has 0 saturated heterocycles. The lowest BCUT2D eigenvalue weighted by molar-refractivity contribution is -0.133. The minimum atomic E-state index is -1.97. The Morgan fingerprint density at radius 1 is 0.964 bits per heavy atom. The summed E-state index contributed by atoms with van der Waals surface area (Å²) in [5.74, 6) is -0.774. The average molecular weight is 396 g/mol. The van der Waals surface area contributed by atoms with Crippen molar-refractivity contribution >= 4 is 28.9 Å². The van der Waals surface area contributed by atoms with E-state index in [9.17, 15) is 14.7 Å². The number of aryl methyl sites for hydroxylation is 1. The molecule has 0 bridgehead atoms. The molecule has 1 atom stereocenters. The number of aliphatic hydroxyl groups is 1. The quantitative estimate of drug-likeness (QED) is 0.759. The van der Waals surface area contributed by atoms with Crippen LogP contribution in [0, 0.1) is 12.3 Å². The highest BCUT2D eigenvalue weighted by molar-refractivity contribution is 6.30. The van der Waals surface area contributed by atoms with Gasteiger partial charge < -0.3 is 10.0 Å². The van der Waals surface area contributed by atoms with Crippen molar-refractivity contribution in [3.63, 3.8) is 0 Å². The largest absolute Gasteiger partial charge is 0.360 e. The Morgan fingerprint density at radius 2 is 1.57 bits per heavy atom. The van der Waals surface area contributed by atoms with Gasteiger partial charge in [-0.3, -0.25) is 9.59 Å². The Hall–Kier alpha value is -2.43. The molecule has 0 radical (unpaired) electrons. The molecule has 1 aliphatic heterocycles. The first-order chi connectivity index (χ1) is 13.1. The van der Waals surface area contributed by atoms with Crippen molar-refractivity contribution < 1.29 is 14.7 Å². The van der Waals surface area contributed by atoms with Crippen LogP contribution in [0.5, 0.6) is 0 Å². The summed E-state index contributed by atoms with van der Waals surface area (Å²) in [6.07, 6.45) is 0.819.